The molecule has 1 N–H and O–H groups in total. The third-order valence-electron chi connectivity index (χ3n) is 5.34. The van der Waals surface area contributed by atoms with Crippen LogP contribution in [-0.2, 0) is 11.3 Å². The van der Waals surface area contributed by atoms with Crippen molar-refractivity contribution < 1.29 is 14.4 Å². The number of rotatable bonds is 7. The highest BCUT2D eigenvalue weighted by molar-refractivity contribution is 6.21. The molecule has 1 aromatic heterocycles. The van der Waals surface area contributed by atoms with E-state index in [0.717, 1.165) is 12.8 Å². The Morgan fingerprint density at radius 3 is 2.46 bits per heavy atom. The van der Waals surface area contributed by atoms with E-state index in [1.54, 1.807) is 24.3 Å². The molecule has 0 spiro atoms. The van der Waals surface area contributed by atoms with Gasteiger partial charge in [0.1, 0.15) is 0 Å². The molecule has 1 aliphatic heterocycles. The maximum atomic E-state index is 12.3. The Morgan fingerprint density at radius 1 is 1.11 bits per heavy atom. The molecule has 1 aromatic carbocycles. The standard InChI is InChI=1S/C19H22N6O3/c26-17(20-12-16-21-22-23-25(16)13-6-1-2-7-13)10-5-11-24-18(27)14-8-3-4-9-15(14)19(24)28/h3-4,8-9,13H,1-2,5-7,10-12H2,(H,20,26). The van der Waals surface area contributed by atoms with Gasteiger partial charge in [-0.25, -0.2) is 4.68 Å². The van der Waals surface area contributed by atoms with Gasteiger partial charge in [-0.05, 0) is 41.8 Å². The summed E-state index contributed by atoms with van der Waals surface area (Å²) in [7, 11) is 0. The molecule has 2 heterocycles. The highest BCUT2D eigenvalue weighted by Crippen LogP contribution is 2.29. The van der Waals surface area contributed by atoms with Crippen molar-refractivity contribution in [3.05, 3.63) is 41.2 Å². The van der Waals surface area contributed by atoms with Crippen LogP contribution in [0.1, 0.15) is 71.1 Å². The molecule has 9 nitrogen and oxygen atoms in total. The summed E-state index contributed by atoms with van der Waals surface area (Å²) in [4.78, 5) is 38.0. The van der Waals surface area contributed by atoms with Crippen LogP contribution in [0, 0.1) is 0 Å². The van der Waals surface area contributed by atoms with Crippen LogP contribution in [0.2, 0.25) is 0 Å². The van der Waals surface area contributed by atoms with Crippen LogP contribution in [-0.4, -0.2) is 49.4 Å². The van der Waals surface area contributed by atoms with Gasteiger partial charge in [-0.1, -0.05) is 25.0 Å². The van der Waals surface area contributed by atoms with Crippen LogP contribution < -0.4 is 5.32 Å². The molecule has 2 aromatic rings. The number of hydrogen-bond donors (Lipinski definition) is 1. The van der Waals surface area contributed by atoms with Crippen molar-refractivity contribution in [2.75, 3.05) is 6.54 Å². The first-order valence-electron chi connectivity index (χ1n) is 9.64. The summed E-state index contributed by atoms with van der Waals surface area (Å²) in [5.41, 5.74) is 0.853. The third-order valence-corrected chi connectivity index (χ3v) is 5.34. The number of imide groups is 1. The van der Waals surface area contributed by atoms with E-state index >= 15 is 0 Å². The van der Waals surface area contributed by atoms with Gasteiger partial charge in [0, 0.05) is 13.0 Å². The molecule has 146 valence electrons. The first-order chi connectivity index (χ1) is 13.6. The second-order valence-corrected chi connectivity index (χ2v) is 7.17. The van der Waals surface area contributed by atoms with E-state index in [4.69, 9.17) is 0 Å². The zero-order valence-corrected chi connectivity index (χ0v) is 15.5. The number of tetrazole rings is 1. The topological polar surface area (TPSA) is 110 Å². The third kappa shape index (κ3) is 3.51. The lowest BCUT2D eigenvalue weighted by Crippen LogP contribution is -2.32. The van der Waals surface area contributed by atoms with Gasteiger partial charge in [0.2, 0.25) is 5.91 Å². The lowest BCUT2D eigenvalue weighted by molar-refractivity contribution is -0.121. The van der Waals surface area contributed by atoms with E-state index in [1.807, 2.05) is 4.68 Å². The Labute approximate surface area is 162 Å². The average molecular weight is 382 g/mol. The van der Waals surface area contributed by atoms with Gasteiger partial charge >= 0.3 is 0 Å². The predicted molar refractivity (Wildman–Crippen MR) is 98.2 cm³/mol. The molecule has 0 atom stereocenters. The molecule has 0 radical (unpaired) electrons. The molecule has 2 aliphatic rings. The van der Waals surface area contributed by atoms with Crippen molar-refractivity contribution in [3.8, 4) is 0 Å². The number of carbonyl (C=O) groups excluding carboxylic acids is 3. The van der Waals surface area contributed by atoms with Gasteiger partial charge in [-0.3, -0.25) is 19.3 Å². The number of nitrogens with one attached hydrogen (secondary N) is 1. The molecule has 1 fully saturated rings. The lowest BCUT2D eigenvalue weighted by atomic mass is 10.1. The minimum atomic E-state index is -0.295. The normalized spacial score (nSPS) is 16.6. The van der Waals surface area contributed by atoms with E-state index in [2.05, 4.69) is 20.8 Å². The monoisotopic (exact) mass is 382 g/mol. The van der Waals surface area contributed by atoms with Crippen LogP contribution in [0.5, 0.6) is 0 Å². The summed E-state index contributed by atoms with van der Waals surface area (Å²) < 4.78 is 1.81. The zero-order chi connectivity index (χ0) is 19.5. The first kappa shape index (κ1) is 18.3. The summed E-state index contributed by atoms with van der Waals surface area (Å²) in [6.45, 7) is 0.495. The number of fused-ring (bicyclic) bond motifs is 1. The van der Waals surface area contributed by atoms with Crippen molar-refractivity contribution in [3.63, 3.8) is 0 Å². The summed E-state index contributed by atoms with van der Waals surface area (Å²) in [6.07, 6.45) is 5.10. The highest BCUT2D eigenvalue weighted by Gasteiger charge is 2.34. The van der Waals surface area contributed by atoms with Crippen LogP contribution in [0.25, 0.3) is 0 Å². The number of nitrogens with zero attached hydrogens (tertiary/aromatic N) is 5. The number of amides is 3. The van der Waals surface area contributed by atoms with Crippen molar-refractivity contribution >= 4 is 17.7 Å². The molecular weight excluding hydrogens is 360 g/mol. The second-order valence-electron chi connectivity index (χ2n) is 7.17. The number of hydrogen-bond acceptors (Lipinski definition) is 6. The van der Waals surface area contributed by atoms with E-state index in [9.17, 15) is 14.4 Å². The van der Waals surface area contributed by atoms with Crippen LogP contribution >= 0.6 is 0 Å². The molecule has 0 saturated heterocycles. The Kier molecular flexibility index (Phi) is 5.14. The Balaban J connectivity index is 1.24. The highest BCUT2D eigenvalue weighted by atomic mass is 16.2. The molecule has 9 heteroatoms. The Bertz CT molecular complexity index is 868. The second kappa shape index (κ2) is 7.87. The fourth-order valence-corrected chi connectivity index (χ4v) is 3.87. The summed E-state index contributed by atoms with van der Waals surface area (Å²) in [6, 6.07) is 7.09. The largest absolute Gasteiger partial charge is 0.349 e. The SMILES string of the molecule is O=C(CCCN1C(=O)c2ccccc2C1=O)NCc1nnnn1C1CCCC1. The van der Waals surface area contributed by atoms with Crippen LogP contribution in [0.4, 0.5) is 0 Å². The summed E-state index contributed by atoms with van der Waals surface area (Å²) in [5.74, 6) is -0.0910. The molecule has 1 saturated carbocycles. The van der Waals surface area contributed by atoms with Gasteiger partial charge in [-0.15, -0.1) is 5.10 Å². The van der Waals surface area contributed by atoms with E-state index in [1.165, 1.54) is 17.7 Å². The van der Waals surface area contributed by atoms with Crippen molar-refractivity contribution in [2.45, 2.75) is 51.1 Å². The molecule has 0 bridgehead atoms. The molecule has 4 rings (SSSR count). The van der Waals surface area contributed by atoms with Crippen molar-refractivity contribution in [2.24, 2.45) is 0 Å². The maximum absolute atomic E-state index is 12.3. The lowest BCUT2D eigenvalue weighted by Gasteiger charge is -2.14. The minimum absolute atomic E-state index is 0.155. The molecule has 28 heavy (non-hydrogen) atoms. The smallest absolute Gasteiger partial charge is 0.261 e. The van der Waals surface area contributed by atoms with Gasteiger partial charge in [-0.2, -0.15) is 0 Å². The fourth-order valence-electron chi connectivity index (χ4n) is 3.87. The predicted octanol–water partition coefficient (Wildman–Crippen LogP) is 1.48. The van der Waals surface area contributed by atoms with Crippen molar-refractivity contribution in [1.29, 1.82) is 0 Å². The van der Waals surface area contributed by atoms with E-state index in [0.29, 0.717) is 29.4 Å². The van der Waals surface area contributed by atoms with E-state index in [-0.39, 0.29) is 37.2 Å². The average Bonchev–Trinajstić information content (AvgIpc) is 3.43. The van der Waals surface area contributed by atoms with Gasteiger partial charge in [0.05, 0.1) is 23.7 Å². The van der Waals surface area contributed by atoms with Gasteiger partial charge in [0.25, 0.3) is 11.8 Å². The van der Waals surface area contributed by atoms with E-state index < -0.39 is 0 Å². The number of benzene rings is 1. The molecule has 1 aliphatic carbocycles. The molecule has 3 amide bonds. The number of aromatic nitrogens is 4. The van der Waals surface area contributed by atoms with Crippen molar-refractivity contribution in [1.82, 2.24) is 30.4 Å². The zero-order valence-electron chi connectivity index (χ0n) is 15.5. The van der Waals surface area contributed by atoms with Gasteiger partial charge < -0.3 is 5.32 Å². The minimum Gasteiger partial charge on any atom is -0.349 e. The van der Waals surface area contributed by atoms with Crippen LogP contribution in [0.15, 0.2) is 24.3 Å². The quantitative estimate of drug-likeness (QED) is 0.727. The number of carbonyl (C=O) groups is 3. The Morgan fingerprint density at radius 2 is 1.79 bits per heavy atom. The molecule has 0 unspecified atom stereocenters. The van der Waals surface area contributed by atoms with Gasteiger partial charge in [0.15, 0.2) is 5.82 Å². The van der Waals surface area contributed by atoms with Crippen LogP contribution in [0.3, 0.4) is 0 Å². The summed E-state index contributed by atoms with van der Waals surface area (Å²) in [5, 5.41) is 14.6. The fraction of sp³-hybridized carbons (Fsp3) is 0.474. The maximum Gasteiger partial charge on any atom is 0.261 e. The Hall–Kier alpha value is -3.10. The molecular formula is C19H22N6O3. The summed E-state index contributed by atoms with van der Waals surface area (Å²) >= 11 is 0. The first-order valence-corrected chi connectivity index (χ1v) is 9.64.